The first-order valence-corrected chi connectivity index (χ1v) is 10.9. The van der Waals surface area contributed by atoms with E-state index >= 15 is 0 Å². The Hall–Kier alpha value is -3.35. The number of nitrogens with two attached hydrogens (primary N) is 1. The predicted octanol–water partition coefficient (Wildman–Crippen LogP) is 5.16. The molecule has 3 N–H and O–H groups in total. The molecule has 1 saturated carbocycles. The first kappa shape index (κ1) is 22.3. The van der Waals surface area contributed by atoms with E-state index in [1.54, 1.807) is 7.11 Å². The number of rotatable bonds is 3. The number of nitrogen functional groups attached to an aromatic ring is 1. The molecule has 2 unspecified atom stereocenters. The summed E-state index contributed by atoms with van der Waals surface area (Å²) in [7, 11) is 1.61. The van der Waals surface area contributed by atoms with Crippen LogP contribution in [0.25, 0.3) is 11.3 Å². The van der Waals surface area contributed by atoms with Crippen molar-refractivity contribution in [2.45, 2.75) is 52.6 Å². The summed E-state index contributed by atoms with van der Waals surface area (Å²) in [4.78, 5) is 13.7. The van der Waals surface area contributed by atoms with Crippen molar-refractivity contribution in [3.63, 3.8) is 0 Å². The van der Waals surface area contributed by atoms with Gasteiger partial charge in [-0.05, 0) is 30.7 Å². The maximum Gasteiger partial charge on any atom is 0.212 e. The zero-order chi connectivity index (χ0) is 22.4. The van der Waals surface area contributed by atoms with Gasteiger partial charge in [-0.15, -0.1) is 0 Å². The number of benzene rings is 1. The topological polar surface area (TPSA) is 90.3 Å². The standard InChI is InChI=1S/C19H18N6O.C3H8.C2H6/c1-26-17-6-5-11(9-21-17)16-10-22-19-18(24-14-8-15(14)25(16)19)23-13-4-2-3-12(20)7-13;1-3-2;1-2/h2-7,9-10,14-15H,8,20H2,1H3,(H,23,24);3H2,1-2H3;1-2H3. The highest BCUT2D eigenvalue weighted by molar-refractivity contribution is 6.07. The summed E-state index contributed by atoms with van der Waals surface area (Å²) in [6.07, 6.45) is 5.98. The summed E-state index contributed by atoms with van der Waals surface area (Å²) in [5.74, 6) is 2.22. The quantitative estimate of drug-likeness (QED) is 0.571. The molecule has 31 heavy (non-hydrogen) atoms. The SMILES string of the molecule is CC.CCC.COc1ccc(-c2cnc3n2C2CC2N=C3Nc2cccc(N)c2)cn1. The van der Waals surface area contributed by atoms with Crippen LogP contribution in [0.4, 0.5) is 11.4 Å². The second-order valence-corrected chi connectivity index (χ2v) is 7.23. The minimum absolute atomic E-state index is 0.296. The van der Waals surface area contributed by atoms with Crippen LogP contribution in [0.15, 0.2) is 53.8 Å². The van der Waals surface area contributed by atoms with E-state index in [-0.39, 0.29) is 0 Å². The van der Waals surface area contributed by atoms with Crippen molar-refractivity contribution in [3.05, 3.63) is 54.6 Å². The van der Waals surface area contributed by atoms with Crippen molar-refractivity contribution >= 4 is 17.2 Å². The molecular formula is C24H32N6O. The van der Waals surface area contributed by atoms with Gasteiger partial charge in [0.25, 0.3) is 0 Å². The number of pyridine rings is 1. The van der Waals surface area contributed by atoms with Gasteiger partial charge >= 0.3 is 0 Å². The van der Waals surface area contributed by atoms with Gasteiger partial charge < -0.3 is 20.4 Å². The van der Waals surface area contributed by atoms with E-state index in [1.165, 1.54) is 6.42 Å². The van der Waals surface area contributed by atoms with Gasteiger partial charge in [0, 0.05) is 29.2 Å². The zero-order valence-electron chi connectivity index (χ0n) is 19.0. The molecule has 2 aliphatic rings. The summed E-state index contributed by atoms with van der Waals surface area (Å²) < 4.78 is 7.41. The number of hydrogen-bond donors (Lipinski definition) is 2. The van der Waals surface area contributed by atoms with Crippen LogP contribution in [-0.2, 0) is 0 Å². The van der Waals surface area contributed by atoms with E-state index in [0.29, 0.717) is 23.7 Å². The van der Waals surface area contributed by atoms with Gasteiger partial charge in [-0.25, -0.2) is 9.97 Å². The molecule has 1 fully saturated rings. The van der Waals surface area contributed by atoms with E-state index < -0.39 is 0 Å². The van der Waals surface area contributed by atoms with Crippen LogP contribution in [0.3, 0.4) is 0 Å². The molecule has 1 aliphatic carbocycles. The van der Waals surface area contributed by atoms with E-state index in [4.69, 9.17) is 15.5 Å². The van der Waals surface area contributed by atoms with E-state index in [0.717, 1.165) is 35.0 Å². The Morgan fingerprint density at radius 3 is 2.55 bits per heavy atom. The van der Waals surface area contributed by atoms with Crippen molar-refractivity contribution in [3.8, 4) is 17.1 Å². The molecule has 7 heteroatoms. The molecule has 0 saturated heterocycles. The number of hydrogen-bond acceptors (Lipinski definition) is 6. The average molecular weight is 421 g/mol. The highest BCUT2D eigenvalue weighted by Gasteiger charge is 2.45. The van der Waals surface area contributed by atoms with Crippen molar-refractivity contribution in [1.29, 1.82) is 0 Å². The number of aromatic nitrogens is 3. The Morgan fingerprint density at radius 1 is 1.13 bits per heavy atom. The monoisotopic (exact) mass is 420 g/mol. The largest absolute Gasteiger partial charge is 0.481 e. The van der Waals surface area contributed by atoms with Crippen LogP contribution in [-0.4, -0.2) is 33.5 Å². The second-order valence-electron chi connectivity index (χ2n) is 7.23. The van der Waals surface area contributed by atoms with Crippen LogP contribution in [0.1, 0.15) is 52.4 Å². The molecule has 2 atom stereocenters. The Labute approximate surface area is 184 Å². The third-order valence-electron chi connectivity index (χ3n) is 4.75. The Kier molecular flexibility index (Phi) is 7.28. The number of nitrogens with zero attached hydrogens (tertiary/aromatic N) is 4. The van der Waals surface area contributed by atoms with Gasteiger partial charge in [0.05, 0.1) is 31.1 Å². The average Bonchev–Trinajstić information content (AvgIpc) is 3.43. The number of aliphatic imine (C=N–C) groups is 1. The maximum absolute atomic E-state index is 5.88. The van der Waals surface area contributed by atoms with Crippen LogP contribution in [0.5, 0.6) is 5.88 Å². The Morgan fingerprint density at radius 2 is 1.90 bits per heavy atom. The lowest BCUT2D eigenvalue weighted by Crippen LogP contribution is -2.24. The van der Waals surface area contributed by atoms with Crippen molar-refractivity contribution in [1.82, 2.24) is 14.5 Å². The first-order chi connectivity index (χ1) is 15.1. The molecule has 1 aliphatic heterocycles. The smallest absolute Gasteiger partial charge is 0.212 e. The Bertz CT molecular complexity index is 1020. The molecule has 1 aromatic carbocycles. The molecule has 164 valence electrons. The van der Waals surface area contributed by atoms with Gasteiger partial charge in [0.1, 0.15) is 0 Å². The fourth-order valence-corrected chi connectivity index (χ4v) is 3.39. The molecular weight excluding hydrogens is 388 g/mol. The lowest BCUT2D eigenvalue weighted by molar-refractivity contribution is 0.398. The summed E-state index contributed by atoms with van der Waals surface area (Å²) in [6, 6.07) is 12.2. The molecule has 0 radical (unpaired) electrons. The molecule has 3 aromatic rings. The number of amidine groups is 1. The zero-order valence-corrected chi connectivity index (χ0v) is 19.0. The minimum Gasteiger partial charge on any atom is -0.481 e. The summed E-state index contributed by atoms with van der Waals surface area (Å²) in [6.45, 7) is 8.25. The minimum atomic E-state index is 0.296. The second kappa shape index (κ2) is 10.1. The number of anilines is 2. The van der Waals surface area contributed by atoms with Crippen molar-refractivity contribution in [2.75, 3.05) is 18.2 Å². The number of fused-ring (bicyclic) bond motifs is 3. The van der Waals surface area contributed by atoms with Gasteiger partial charge in [-0.3, -0.25) is 4.99 Å². The van der Waals surface area contributed by atoms with E-state index in [9.17, 15) is 0 Å². The Balaban J connectivity index is 0.000000504. The third kappa shape index (κ3) is 4.87. The van der Waals surface area contributed by atoms with Crippen LogP contribution >= 0.6 is 0 Å². The number of methoxy groups -OCH3 is 1. The van der Waals surface area contributed by atoms with Crippen molar-refractivity contribution in [2.24, 2.45) is 4.99 Å². The highest BCUT2D eigenvalue weighted by Crippen LogP contribution is 2.45. The maximum atomic E-state index is 5.88. The van der Waals surface area contributed by atoms with Crippen molar-refractivity contribution < 1.29 is 4.74 Å². The summed E-state index contributed by atoms with van der Waals surface area (Å²) in [5, 5.41) is 3.37. The van der Waals surface area contributed by atoms with E-state index in [2.05, 4.69) is 33.7 Å². The molecule has 2 aromatic heterocycles. The lowest BCUT2D eigenvalue weighted by atomic mass is 10.2. The van der Waals surface area contributed by atoms with Crippen LogP contribution in [0.2, 0.25) is 0 Å². The number of imidazole rings is 1. The summed E-state index contributed by atoms with van der Waals surface area (Å²) >= 11 is 0. The van der Waals surface area contributed by atoms with Gasteiger partial charge in [0.2, 0.25) is 5.88 Å². The molecule has 7 nitrogen and oxygen atoms in total. The highest BCUT2D eigenvalue weighted by atomic mass is 16.5. The number of nitrogens with one attached hydrogen (secondary N) is 1. The number of ether oxygens (including phenoxy) is 1. The third-order valence-corrected chi connectivity index (χ3v) is 4.75. The fourth-order valence-electron chi connectivity index (χ4n) is 3.39. The molecule has 0 bridgehead atoms. The molecule has 0 spiro atoms. The van der Waals surface area contributed by atoms with Crippen LogP contribution < -0.4 is 15.8 Å². The van der Waals surface area contributed by atoms with Gasteiger partial charge in [-0.1, -0.05) is 40.2 Å². The fraction of sp³-hybridized carbons (Fsp3) is 0.375. The molecule has 0 amide bonds. The van der Waals surface area contributed by atoms with Gasteiger partial charge in [0.15, 0.2) is 11.7 Å². The molecule has 3 heterocycles. The summed E-state index contributed by atoms with van der Waals surface area (Å²) in [5.41, 5.74) is 9.56. The normalized spacial score (nSPS) is 17.5. The first-order valence-electron chi connectivity index (χ1n) is 10.9. The predicted molar refractivity (Wildman–Crippen MR) is 128 cm³/mol. The lowest BCUT2D eigenvalue weighted by Gasteiger charge is -2.18. The molecule has 5 rings (SSSR count). The van der Waals surface area contributed by atoms with E-state index in [1.807, 2.05) is 62.6 Å². The van der Waals surface area contributed by atoms with Crippen LogP contribution in [0, 0.1) is 0 Å². The van der Waals surface area contributed by atoms with Gasteiger partial charge in [-0.2, -0.15) is 0 Å².